The number of ether oxygens (including phenoxy) is 3. The SMILES string of the molecule is CCC=CCCOc1ccc(COCC)cc1OCC. The van der Waals surface area contributed by atoms with Gasteiger partial charge >= 0.3 is 0 Å². The maximum atomic E-state index is 5.78. The fourth-order valence-corrected chi connectivity index (χ4v) is 1.77. The Balaban J connectivity index is 2.61. The van der Waals surface area contributed by atoms with E-state index in [1.165, 1.54) is 0 Å². The first kappa shape index (κ1) is 16.6. The van der Waals surface area contributed by atoms with Gasteiger partial charge in [-0.1, -0.05) is 25.1 Å². The van der Waals surface area contributed by atoms with Gasteiger partial charge in [0.2, 0.25) is 0 Å². The molecule has 0 amide bonds. The molecule has 1 aromatic rings. The second kappa shape index (κ2) is 10.3. The van der Waals surface area contributed by atoms with Gasteiger partial charge in [0.1, 0.15) is 0 Å². The van der Waals surface area contributed by atoms with Gasteiger partial charge in [-0.15, -0.1) is 0 Å². The maximum absolute atomic E-state index is 5.78. The van der Waals surface area contributed by atoms with Crippen molar-refractivity contribution in [2.45, 2.75) is 40.2 Å². The lowest BCUT2D eigenvalue weighted by molar-refractivity contribution is 0.133. The van der Waals surface area contributed by atoms with Crippen LogP contribution in [0, 0.1) is 0 Å². The molecule has 1 rings (SSSR count). The van der Waals surface area contributed by atoms with Gasteiger partial charge in [-0.25, -0.2) is 0 Å². The summed E-state index contributed by atoms with van der Waals surface area (Å²) in [7, 11) is 0. The van der Waals surface area contributed by atoms with Crippen LogP contribution >= 0.6 is 0 Å². The van der Waals surface area contributed by atoms with Crippen LogP contribution < -0.4 is 9.47 Å². The van der Waals surface area contributed by atoms with Crippen molar-refractivity contribution in [1.29, 1.82) is 0 Å². The molecule has 0 saturated heterocycles. The van der Waals surface area contributed by atoms with E-state index in [0.29, 0.717) is 26.4 Å². The second-order valence-electron chi connectivity index (χ2n) is 4.37. The van der Waals surface area contributed by atoms with Crippen molar-refractivity contribution < 1.29 is 14.2 Å². The number of hydrogen-bond donors (Lipinski definition) is 0. The standard InChI is InChI=1S/C17H26O3/c1-4-7-8-9-12-20-16-11-10-15(14-18-5-2)13-17(16)19-6-3/h7-8,10-11,13H,4-6,9,12,14H2,1-3H3. The van der Waals surface area contributed by atoms with Crippen LogP contribution in [0.1, 0.15) is 39.2 Å². The Bertz CT molecular complexity index is 399. The molecule has 0 atom stereocenters. The molecule has 0 bridgehead atoms. The van der Waals surface area contributed by atoms with E-state index in [4.69, 9.17) is 14.2 Å². The topological polar surface area (TPSA) is 27.7 Å². The molecule has 0 heterocycles. The molecular weight excluding hydrogens is 252 g/mol. The molecule has 0 N–H and O–H groups in total. The molecule has 0 unspecified atom stereocenters. The first-order valence-electron chi connectivity index (χ1n) is 7.43. The van der Waals surface area contributed by atoms with Gasteiger partial charge in [-0.2, -0.15) is 0 Å². The minimum absolute atomic E-state index is 0.607. The van der Waals surface area contributed by atoms with Crippen molar-refractivity contribution in [3.05, 3.63) is 35.9 Å². The highest BCUT2D eigenvalue weighted by Gasteiger charge is 2.06. The van der Waals surface area contributed by atoms with Crippen molar-refractivity contribution in [2.24, 2.45) is 0 Å². The number of rotatable bonds is 10. The minimum atomic E-state index is 0.607. The van der Waals surface area contributed by atoms with Crippen molar-refractivity contribution in [3.63, 3.8) is 0 Å². The summed E-state index contributed by atoms with van der Waals surface area (Å²) in [5.74, 6) is 1.60. The van der Waals surface area contributed by atoms with E-state index in [1.807, 2.05) is 32.0 Å². The van der Waals surface area contributed by atoms with Gasteiger partial charge in [0.25, 0.3) is 0 Å². The third kappa shape index (κ3) is 6.11. The Kier molecular flexibility index (Phi) is 8.56. The third-order valence-electron chi connectivity index (χ3n) is 2.73. The molecule has 112 valence electrons. The highest BCUT2D eigenvalue weighted by Crippen LogP contribution is 2.29. The zero-order valence-electron chi connectivity index (χ0n) is 12.9. The summed E-state index contributed by atoms with van der Waals surface area (Å²) < 4.78 is 16.8. The normalized spacial score (nSPS) is 10.9. The van der Waals surface area contributed by atoms with Crippen LogP contribution in [0.5, 0.6) is 11.5 Å². The van der Waals surface area contributed by atoms with Gasteiger partial charge in [-0.3, -0.25) is 0 Å². The molecule has 1 aromatic carbocycles. The summed E-state index contributed by atoms with van der Waals surface area (Å²) in [5.41, 5.74) is 1.11. The zero-order chi connectivity index (χ0) is 14.6. The molecule has 3 heteroatoms. The van der Waals surface area contributed by atoms with Gasteiger partial charge in [0.05, 0.1) is 19.8 Å². The molecule has 20 heavy (non-hydrogen) atoms. The molecule has 0 saturated carbocycles. The number of benzene rings is 1. The first-order chi connectivity index (χ1) is 9.81. The van der Waals surface area contributed by atoms with Gasteiger partial charge in [0, 0.05) is 6.61 Å². The van der Waals surface area contributed by atoms with E-state index < -0.39 is 0 Å². The fraction of sp³-hybridized carbons (Fsp3) is 0.529. The zero-order valence-corrected chi connectivity index (χ0v) is 12.9. The Morgan fingerprint density at radius 2 is 1.80 bits per heavy atom. The fourth-order valence-electron chi connectivity index (χ4n) is 1.77. The van der Waals surface area contributed by atoms with Crippen molar-refractivity contribution >= 4 is 0 Å². The molecular formula is C17H26O3. The highest BCUT2D eigenvalue weighted by atomic mass is 16.5. The summed E-state index contributed by atoms with van der Waals surface area (Å²) in [6.45, 7) is 8.71. The van der Waals surface area contributed by atoms with E-state index in [1.54, 1.807) is 0 Å². The smallest absolute Gasteiger partial charge is 0.161 e. The Morgan fingerprint density at radius 3 is 2.50 bits per heavy atom. The van der Waals surface area contributed by atoms with Crippen LogP contribution in [0.3, 0.4) is 0 Å². The monoisotopic (exact) mass is 278 g/mol. The van der Waals surface area contributed by atoms with Crippen molar-refractivity contribution in [1.82, 2.24) is 0 Å². The van der Waals surface area contributed by atoms with E-state index in [0.717, 1.165) is 29.9 Å². The van der Waals surface area contributed by atoms with E-state index in [2.05, 4.69) is 19.1 Å². The quantitative estimate of drug-likeness (QED) is 0.470. The van der Waals surface area contributed by atoms with Crippen LogP contribution in [0.4, 0.5) is 0 Å². The third-order valence-corrected chi connectivity index (χ3v) is 2.73. The van der Waals surface area contributed by atoms with Crippen LogP contribution in [0.15, 0.2) is 30.4 Å². The summed E-state index contributed by atoms with van der Waals surface area (Å²) in [5, 5.41) is 0. The minimum Gasteiger partial charge on any atom is -0.490 e. The van der Waals surface area contributed by atoms with E-state index in [-0.39, 0.29) is 0 Å². The average Bonchev–Trinajstić information content (AvgIpc) is 2.47. The number of hydrogen-bond acceptors (Lipinski definition) is 3. The summed E-state index contributed by atoms with van der Waals surface area (Å²) >= 11 is 0. The van der Waals surface area contributed by atoms with Crippen molar-refractivity contribution in [3.8, 4) is 11.5 Å². The first-order valence-corrected chi connectivity index (χ1v) is 7.43. The molecule has 0 aliphatic rings. The molecule has 0 fully saturated rings. The molecule has 0 aliphatic carbocycles. The second-order valence-corrected chi connectivity index (χ2v) is 4.37. The highest BCUT2D eigenvalue weighted by molar-refractivity contribution is 5.42. The summed E-state index contributed by atoms with van der Waals surface area (Å²) in [6, 6.07) is 5.98. The van der Waals surface area contributed by atoms with Crippen LogP contribution in [0.2, 0.25) is 0 Å². The molecule has 0 aromatic heterocycles. The lowest BCUT2D eigenvalue weighted by atomic mass is 10.2. The molecule has 0 radical (unpaired) electrons. The van der Waals surface area contributed by atoms with Gasteiger partial charge in [0.15, 0.2) is 11.5 Å². The van der Waals surface area contributed by atoms with E-state index >= 15 is 0 Å². The lowest BCUT2D eigenvalue weighted by Crippen LogP contribution is -2.01. The number of allylic oxidation sites excluding steroid dienone is 1. The molecule has 0 spiro atoms. The van der Waals surface area contributed by atoms with Crippen LogP contribution in [-0.2, 0) is 11.3 Å². The van der Waals surface area contributed by atoms with Crippen LogP contribution in [0.25, 0.3) is 0 Å². The molecule has 0 aliphatic heterocycles. The predicted octanol–water partition coefficient (Wildman–Crippen LogP) is 4.36. The average molecular weight is 278 g/mol. The predicted molar refractivity (Wildman–Crippen MR) is 82.5 cm³/mol. The maximum Gasteiger partial charge on any atom is 0.161 e. The summed E-state index contributed by atoms with van der Waals surface area (Å²) in [6.07, 6.45) is 6.28. The Labute approximate surface area is 122 Å². The van der Waals surface area contributed by atoms with Gasteiger partial charge < -0.3 is 14.2 Å². The summed E-state index contributed by atoms with van der Waals surface area (Å²) in [4.78, 5) is 0. The van der Waals surface area contributed by atoms with Gasteiger partial charge in [-0.05, 0) is 44.4 Å². The molecule has 3 nitrogen and oxygen atoms in total. The largest absolute Gasteiger partial charge is 0.490 e. The van der Waals surface area contributed by atoms with E-state index in [9.17, 15) is 0 Å². The Hall–Kier alpha value is -1.48. The Morgan fingerprint density at radius 1 is 0.950 bits per heavy atom. The van der Waals surface area contributed by atoms with Crippen LogP contribution in [-0.4, -0.2) is 19.8 Å². The van der Waals surface area contributed by atoms with Crippen molar-refractivity contribution in [2.75, 3.05) is 19.8 Å². The lowest BCUT2D eigenvalue weighted by Gasteiger charge is -2.13.